The Balaban J connectivity index is 1.47. The number of methoxy groups -OCH3 is 1. The summed E-state index contributed by atoms with van der Waals surface area (Å²) in [7, 11) is 1.61. The average Bonchev–Trinajstić information content (AvgIpc) is 3.17. The predicted octanol–water partition coefficient (Wildman–Crippen LogP) is 4.78. The molecule has 8 nitrogen and oxygen atoms in total. The third-order valence-corrected chi connectivity index (χ3v) is 5.80. The summed E-state index contributed by atoms with van der Waals surface area (Å²) in [6.07, 6.45) is 1.53. The lowest BCUT2D eigenvalue weighted by Crippen LogP contribution is -2.35. The summed E-state index contributed by atoms with van der Waals surface area (Å²) in [5.41, 5.74) is 3.81. The normalized spacial score (nSPS) is 14.1. The first-order valence-electron chi connectivity index (χ1n) is 11.3. The average molecular weight is 553 g/mol. The Bertz CT molecular complexity index is 1260. The van der Waals surface area contributed by atoms with Crippen LogP contribution in [0, 0.1) is 0 Å². The highest BCUT2D eigenvalue weighted by atomic mass is 79.9. The Morgan fingerprint density at radius 3 is 2.31 bits per heavy atom. The van der Waals surface area contributed by atoms with E-state index in [9.17, 15) is 9.59 Å². The summed E-state index contributed by atoms with van der Waals surface area (Å²) < 4.78 is 23.2. The summed E-state index contributed by atoms with van der Waals surface area (Å²) in [6, 6.07) is 19.7. The van der Waals surface area contributed by atoms with Crippen LogP contribution in [0.5, 0.6) is 23.0 Å². The van der Waals surface area contributed by atoms with Gasteiger partial charge < -0.3 is 18.9 Å². The number of nitrogens with one attached hydrogen (secondary N) is 1. The zero-order valence-electron chi connectivity index (χ0n) is 19.8. The lowest BCUT2D eigenvalue weighted by Gasteiger charge is -2.15. The number of amides is 2. The highest BCUT2D eigenvalue weighted by Gasteiger charge is 2.34. The van der Waals surface area contributed by atoms with E-state index in [1.54, 1.807) is 43.5 Å². The molecule has 0 radical (unpaired) electrons. The first-order chi connectivity index (χ1) is 17.5. The number of benzene rings is 3. The first kappa shape index (κ1) is 25.1. The standard InChI is InChI=1S/C27H25BrN2O6/c1-3-34-24-17-18(15-22-26(31)29-30(27(22)32)19-7-5-4-6-8-19)16-23(28)25(24)36-14-13-35-21-11-9-20(33-2)10-12-21/h4-12,15-17H,3,13-14H2,1-2H3,(H,29,31)/b22-15+. The minimum absolute atomic E-state index is 0.0229. The third kappa shape index (κ3) is 5.80. The molecule has 1 aliphatic heterocycles. The van der Waals surface area contributed by atoms with Crippen LogP contribution in [0.2, 0.25) is 0 Å². The molecular weight excluding hydrogens is 528 g/mol. The fourth-order valence-electron chi connectivity index (χ4n) is 3.53. The summed E-state index contributed by atoms with van der Waals surface area (Å²) in [5, 5.41) is 1.23. The maximum atomic E-state index is 12.9. The fraction of sp³-hybridized carbons (Fsp3) is 0.185. The van der Waals surface area contributed by atoms with E-state index >= 15 is 0 Å². The molecule has 186 valence electrons. The Kier molecular flexibility index (Phi) is 8.12. The Morgan fingerprint density at radius 1 is 0.917 bits per heavy atom. The number of ether oxygens (including phenoxy) is 4. The van der Waals surface area contributed by atoms with Crippen molar-refractivity contribution < 1.29 is 28.5 Å². The Labute approximate surface area is 217 Å². The molecule has 1 heterocycles. The molecule has 36 heavy (non-hydrogen) atoms. The molecule has 0 spiro atoms. The fourth-order valence-corrected chi connectivity index (χ4v) is 4.11. The molecule has 0 atom stereocenters. The van der Waals surface area contributed by atoms with Gasteiger partial charge in [-0.3, -0.25) is 15.0 Å². The van der Waals surface area contributed by atoms with Gasteiger partial charge in [0.2, 0.25) is 0 Å². The summed E-state index contributed by atoms with van der Waals surface area (Å²) in [5.74, 6) is 1.53. The van der Waals surface area contributed by atoms with Gasteiger partial charge in [-0.1, -0.05) is 18.2 Å². The smallest absolute Gasteiger partial charge is 0.282 e. The molecule has 9 heteroatoms. The minimum Gasteiger partial charge on any atom is -0.497 e. The second kappa shape index (κ2) is 11.6. The number of anilines is 1. The van der Waals surface area contributed by atoms with E-state index in [1.165, 1.54) is 11.1 Å². The lowest BCUT2D eigenvalue weighted by molar-refractivity contribution is -0.117. The molecule has 0 aliphatic carbocycles. The van der Waals surface area contributed by atoms with Crippen LogP contribution in [-0.4, -0.2) is 38.7 Å². The second-order valence-electron chi connectivity index (χ2n) is 7.61. The van der Waals surface area contributed by atoms with Gasteiger partial charge in [0.15, 0.2) is 11.5 Å². The summed E-state index contributed by atoms with van der Waals surface area (Å²) in [6.45, 7) is 2.87. The van der Waals surface area contributed by atoms with Gasteiger partial charge in [0.1, 0.15) is 30.3 Å². The summed E-state index contributed by atoms with van der Waals surface area (Å²) in [4.78, 5) is 25.4. The van der Waals surface area contributed by atoms with Crippen LogP contribution in [-0.2, 0) is 9.59 Å². The van der Waals surface area contributed by atoms with Crippen LogP contribution in [0.4, 0.5) is 5.69 Å². The number of hydrogen-bond acceptors (Lipinski definition) is 6. The predicted molar refractivity (Wildman–Crippen MR) is 139 cm³/mol. The van der Waals surface area contributed by atoms with E-state index in [0.29, 0.717) is 46.2 Å². The van der Waals surface area contributed by atoms with Gasteiger partial charge in [-0.2, -0.15) is 0 Å². The van der Waals surface area contributed by atoms with Crippen LogP contribution in [0.25, 0.3) is 6.08 Å². The maximum absolute atomic E-state index is 12.9. The molecule has 0 aromatic heterocycles. The topological polar surface area (TPSA) is 86.3 Å². The van der Waals surface area contributed by atoms with Crippen LogP contribution in [0.1, 0.15) is 12.5 Å². The van der Waals surface area contributed by atoms with Gasteiger partial charge in [0.25, 0.3) is 11.8 Å². The van der Waals surface area contributed by atoms with Gasteiger partial charge in [-0.05, 0) is 83.0 Å². The second-order valence-corrected chi connectivity index (χ2v) is 8.46. The third-order valence-electron chi connectivity index (χ3n) is 5.21. The van der Waals surface area contributed by atoms with Crippen molar-refractivity contribution in [3.8, 4) is 23.0 Å². The number of para-hydroxylation sites is 1. The Morgan fingerprint density at radius 2 is 1.61 bits per heavy atom. The number of rotatable bonds is 10. The number of carbonyl (C=O) groups excluding carboxylic acids is 2. The van der Waals surface area contributed by atoms with Gasteiger partial charge in [-0.15, -0.1) is 0 Å². The molecule has 3 aromatic carbocycles. The largest absolute Gasteiger partial charge is 0.497 e. The molecule has 2 amide bonds. The Hall–Kier alpha value is -3.98. The number of hydrogen-bond donors (Lipinski definition) is 1. The van der Waals surface area contributed by atoms with Crippen molar-refractivity contribution in [1.82, 2.24) is 5.43 Å². The molecule has 0 bridgehead atoms. The zero-order valence-corrected chi connectivity index (χ0v) is 21.4. The monoisotopic (exact) mass is 552 g/mol. The molecule has 1 fully saturated rings. The molecule has 1 saturated heterocycles. The number of hydrazine groups is 1. The highest BCUT2D eigenvalue weighted by Crippen LogP contribution is 2.38. The lowest BCUT2D eigenvalue weighted by atomic mass is 10.1. The van der Waals surface area contributed by atoms with E-state index in [4.69, 9.17) is 18.9 Å². The quantitative estimate of drug-likeness (QED) is 0.221. The van der Waals surface area contributed by atoms with Crippen LogP contribution >= 0.6 is 15.9 Å². The van der Waals surface area contributed by atoms with Crippen LogP contribution < -0.4 is 29.4 Å². The van der Waals surface area contributed by atoms with Crippen LogP contribution in [0.15, 0.2) is 76.8 Å². The molecule has 0 unspecified atom stereocenters. The molecular formula is C27H25BrN2O6. The summed E-state index contributed by atoms with van der Waals surface area (Å²) >= 11 is 3.52. The van der Waals surface area contributed by atoms with E-state index in [1.807, 2.05) is 37.3 Å². The molecule has 0 saturated carbocycles. The highest BCUT2D eigenvalue weighted by molar-refractivity contribution is 9.10. The van der Waals surface area contributed by atoms with Crippen molar-refractivity contribution in [3.05, 3.63) is 82.3 Å². The van der Waals surface area contributed by atoms with Crippen molar-refractivity contribution in [2.24, 2.45) is 0 Å². The first-order valence-corrected chi connectivity index (χ1v) is 12.1. The molecule has 4 rings (SSSR count). The zero-order chi connectivity index (χ0) is 25.5. The SMILES string of the molecule is CCOc1cc(/C=C2\C(=O)NN(c3ccccc3)C2=O)cc(Br)c1OCCOc1ccc(OC)cc1. The van der Waals surface area contributed by atoms with Gasteiger partial charge >= 0.3 is 0 Å². The number of carbonyl (C=O) groups is 2. The van der Waals surface area contributed by atoms with Gasteiger partial charge in [0.05, 0.1) is 23.9 Å². The molecule has 1 aliphatic rings. The van der Waals surface area contributed by atoms with Gasteiger partial charge in [-0.25, -0.2) is 5.01 Å². The van der Waals surface area contributed by atoms with Crippen LogP contribution in [0.3, 0.4) is 0 Å². The molecule has 3 aromatic rings. The minimum atomic E-state index is -0.478. The molecule has 1 N–H and O–H groups in total. The number of nitrogens with zero attached hydrogens (tertiary/aromatic N) is 1. The van der Waals surface area contributed by atoms with Gasteiger partial charge in [0, 0.05) is 0 Å². The van der Waals surface area contributed by atoms with E-state index < -0.39 is 11.8 Å². The van der Waals surface area contributed by atoms with Crippen molar-refractivity contribution >= 4 is 39.5 Å². The number of halogens is 1. The van der Waals surface area contributed by atoms with Crippen molar-refractivity contribution in [2.45, 2.75) is 6.92 Å². The van der Waals surface area contributed by atoms with E-state index in [2.05, 4.69) is 21.4 Å². The maximum Gasteiger partial charge on any atom is 0.282 e. The van der Waals surface area contributed by atoms with E-state index in [-0.39, 0.29) is 12.2 Å². The van der Waals surface area contributed by atoms with Crippen molar-refractivity contribution in [2.75, 3.05) is 31.9 Å². The van der Waals surface area contributed by atoms with Crippen molar-refractivity contribution in [1.29, 1.82) is 0 Å². The van der Waals surface area contributed by atoms with Crippen molar-refractivity contribution in [3.63, 3.8) is 0 Å². The van der Waals surface area contributed by atoms with E-state index in [0.717, 1.165) is 5.75 Å².